The number of aromatic nitrogens is 2. The molecule has 1 heterocycles. The second-order valence-electron chi connectivity index (χ2n) is 5.45. The molecule has 0 unspecified atom stereocenters. The summed E-state index contributed by atoms with van der Waals surface area (Å²) in [6.07, 6.45) is 2.54. The van der Waals surface area contributed by atoms with Crippen LogP contribution in [0.5, 0.6) is 0 Å². The van der Waals surface area contributed by atoms with Crippen molar-refractivity contribution in [3.8, 4) is 0 Å². The Morgan fingerprint density at radius 3 is 2.30 bits per heavy atom. The van der Waals surface area contributed by atoms with Gasteiger partial charge in [0.05, 0.1) is 5.69 Å². The zero-order valence-electron chi connectivity index (χ0n) is 14.2. The van der Waals surface area contributed by atoms with E-state index >= 15 is 0 Å². The van der Waals surface area contributed by atoms with Gasteiger partial charge in [-0.25, -0.2) is 0 Å². The van der Waals surface area contributed by atoms with Crippen LogP contribution in [-0.4, -0.2) is 16.9 Å². The minimum atomic E-state index is -0.500. The third-order valence-corrected chi connectivity index (χ3v) is 3.87. The topological polar surface area (TPSA) is 66.0 Å². The fraction of sp³-hybridized carbons (Fsp3) is 0.389. The normalized spacial score (nSPS) is 9.91. The Labute approximate surface area is 137 Å². The summed E-state index contributed by atoms with van der Waals surface area (Å²) in [6, 6.07) is 8.24. The van der Waals surface area contributed by atoms with Crippen LogP contribution in [0, 0.1) is 20.8 Å². The summed E-state index contributed by atoms with van der Waals surface area (Å²) in [7, 11) is 0. The van der Waals surface area contributed by atoms with E-state index in [1.807, 2.05) is 19.2 Å². The van der Waals surface area contributed by atoms with Gasteiger partial charge in [-0.2, -0.15) is 4.68 Å². The van der Waals surface area contributed by atoms with E-state index in [-0.39, 0.29) is 5.78 Å². The van der Waals surface area contributed by atoms with E-state index in [1.54, 1.807) is 0 Å². The Hall–Kier alpha value is -2.43. The van der Waals surface area contributed by atoms with Gasteiger partial charge >= 0.3 is 0 Å². The number of aryl methyl sites for hydroxylation is 4. The van der Waals surface area contributed by atoms with E-state index in [4.69, 9.17) is 9.90 Å². The molecular weight excluding hydrogens is 292 g/mol. The first-order chi connectivity index (χ1) is 10.9. The van der Waals surface area contributed by atoms with Crippen LogP contribution >= 0.6 is 0 Å². The molecule has 1 aromatic heterocycles. The van der Waals surface area contributed by atoms with Crippen LogP contribution in [-0.2, 0) is 29.1 Å². The van der Waals surface area contributed by atoms with Crippen LogP contribution in [0.15, 0.2) is 30.5 Å². The average Bonchev–Trinajstić information content (AvgIpc) is 2.84. The second kappa shape index (κ2) is 8.88. The molecule has 23 heavy (non-hydrogen) atoms. The molecule has 0 saturated carbocycles. The number of carboxylic acid groups (broad SMARTS) is 1. The molecule has 0 aliphatic heterocycles. The molecule has 0 fully saturated rings. The number of nitrogens with zero attached hydrogens (tertiary/aromatic N) is 2. The lowest BCUT2D eigenvalue weighted by atomic mass is 9.98. The lowest BCUT2D eigenvalue weighted by Crippen LogP contribution is -2.43. The molecule has 124 valence electrons. The monoisotopic (exact) mass is 316 g/mol. The summed E-state index contributed by atoms with van der Waals surface area (Å²) < 4.78 is 4.13. The molecule has 5 heteroatoms. The van der Waals surface area contributed by atoms with Crippen molar-refractivity contribution >= 4 is 12.3 Å². The van der Waals surface area contributed by atoms with Crippen LogP contribution in [0.4, 0.5) is 0 Å². The number of rotatable bonds is 5. The van der Waals surface area contributed by atoms with Gasteiger partial charge in [-0.15, -0.1) is 4.68 Å². The van der Waals surface area contributed by atoms with Crippen molar-refractivity contribution in [2.45, 2.75) is 47.2 Å². The molecule has 0 N–H and O–H groups in total. The van der Waals surface area contributed by atoms with Gasteiger partial charge in [0.25, 0.3) is 0 Å². The zero-order chi connectivity index (χ0) is 17.4. The van der Waals surface area contributed by atoms with Crippen molar-refractivity contribution in [1.82, 2.24) is 4.68 Å². The Balaban J connectivity index is 0.000000816. The number of ketones is 1. The molecule has 0 spiro atoms. The van der Waals surface area contributed by atoms with E-state index < -0.39 is 6.47 Å². The van der Waals surface area contributed by atoms with Crippen molar-refractivity contribution < 1.29 is 19.4 Å². The lowest BCUT2D eigenvalue weighted by Gasteiger charge is -2.09. The van der Waals surface area contributed by atoms with Gasteiger partial charge in [-0.3, -0.25) is 4.79 Å². The number of carbonyl (C=O) groups excluding carboxylic acids is 2. The molecule has 5 nitrogen and oxygen atoms in total. The van der Waals surface area contributed by atoms with E-state index in [0.717, 1.165) is 12.2 Å². The molecule has 0 bridgehead atoms. The number of hydrogen-bond donors (Lipinski definition) is 0. The van der Waals surface area contributed by atoms with Gasteiger partial charge in [0.15, 0.2) is 18.5 Å². The highest BCUT2D eigenvalue weighted by Gasteiger charge is 2.15. The summed E-state index contributed by atoms with van der Waals surface area (Å²) in [6.45, 7) is 9.10. The van der Waals surface area contributed by atoms with E-state index in [0.29, 0.717) is 13.0 Å². The van der Waals surface area contributed by atoms with Crippen molar-refractivity contribution in [1.29, 1.82) is 0 Å². The first kappa shape index (κ1) is 18.6. The van der Waals surface area contributed by atoms with Crippen molar-refractivity contribution in [3.05, 3.63) is 52.8 Å². The smallest absolute Gasteiger partial charge is 0.195 e. The van der Waals surface area contributed by atoms with Crippen molar-refractivity contribution in [2.75, 3.05) is 0 Å². The lowest BCUT2D eigenvalue weighted by molar-refractivity contribution is -0.771. The molecule has 0 atom stereocenters. The number of hydrogen-bond acceptors (Lipinski definition) is 3. The number of Topliss-reactive ketones (excluding diaryl/α,β-unsaturated/α-hetero) is 1. The average molecular weight is 316 g/mol. The molecule has 2 aromatic rings. The van der Waals surface area contributed by atoms with Crippen LogP contribution in [0.1, 0.15) is 29.3 Å². The van der Waals surface area contributed by atoms with Gasteiger partial charge in [-0.1, -0.05) is 18.2 Å². The molecule has 0 aliphatic rings. The van der Waals surface area contributed by atoms with Crippen LogP contribution in [0.3, 0.4) is 0 Å². The van der Waals surface area contributed by atoms with Crippen LogP contribution < -0.4 is 9.79 Å². The van der Waals surface area contributed by atoms with E-state index in [9.17, 15) is 4.79 Å². The Bertz CT molecular complexity index is 655. The molecule has 0 saturated heterocycles. The summed E-state index contributed by atoms with van der Waals surface area (Å²) >= 11 is 0. The highest BCUT2D eigenvalue weighted by atomic mass is 16.3. The number of carbonyl (C=O) groups is 2. The quantitative estimate of drug-likeness (QED) is 0.608. The number of benzene rings is 1. The Kier molecular flexibility index (Phi) is 7.19. The fourth-order valence-corrected chi connectivity index (χ4v) is 2.60. The first-order valence-corrected chi connectivity index (χ1v) is 7.62. The third kappa shape index (κ3) is 5.06. The van der Waals surface area contributed by atoms with Crippen molar-refractivity contribution in [2.24, 2.45) is 0 Å². The first-order valence-electron chi connectivity index (χ1n) is 7.62. The predicted molar refractivity (Wildman–Crippen MR) is 85.7 cm³/mol. The Morgan fingerprint density at radius 2 is 1.78 bits per heavy atom. The maximum Gasteiger partial charge on any atom is 0.195 e. The van der Waals surface area contributed by atoms with Crippen LogP contribution in [0.2, 0.25) is 0 Å². The SMILES string of the molecule is CC[n+]1ccc(C)n1CC(=O)Cc1c(C)cccc1C.O=C[O-]. The second-order valence-corrected chi connectivity index (χ2v) is 5.45. The van der Waals surface area contributed by atoms with Gasteiger partial charge in [-0.05, 0) is 44.4 Å². The maximum absolute atomic E-state index is 12.4. The minimum absolute atomic E-state index is 0.254. The standard InChI is InChI=1S/C17H23N2O.CH2O2/c1-5-18-10-9-15(4)19(18)12-16(20)11-17-13(2)7-6-8-14(17)3;2-1-3/h6-10H,5,11-12H2,1-4H3;1H,(H,2,3)/q+1;/p-1. The summed E-state index contributed by atoms with van der Waals surface area (Å²) in [4.78, 5) is 20.6. The molecule has 0 radical (unpaired) electrons. The van der Waals surface area contributed by atoms with E-state index in [2.05, 4.69) is 48.3 Å². The predicted octanol–water partition coefficient (Wildman–Crippen LogP) is 0.899. The molecule has 1 aromatic carbocycles. The van der Waals surface area contributed by atoms with Crippen LogP contribution in [0.25, 0.3) is 0 Å². The summed E-state index contributed by atoms with van der Waals surface area (Å²) in [5.41, 5.74) is 4.70. The largest absolute Gasteiger partial charge is 0.554 e. The van der Waals surface area contributed by atoms with Gasteiger partial charge < -0.3 is 9.90 Å². The maximum atomic E-state index is 12.4. The summed E-state index contributed by atoms with van der Waals surface area (Å²) in [5.74, 6) is 0.254. The summed E-state index contributed by atoms with van der Waals surface area (Å²) in [5, 5.41) is 8.25. The van der Waals surface area contributed by atoms with Crippen molar-refractivity contribution in [3.63, 3.8) is 0 Å². The molecule has 0 amide bonds. The van der Waals surface area contributed by atoms with Gasteiger partial charge in [0, 0.05) is 19.0 Å². The minimum Gasteiger partial charge on any atom is -0.554 e. The highest BCUT2D eigenvalue weighted by molar-refractivity contribution is 5.81. The third-order valence-electron chi connectivity index (χ3n) is 3.87. The van der Waals surface area contributed by atoms with Gasteiger partial charge in [0.1, 0.15) is 6.54 Å². The fourth-order valence-electron chi connectivity index (χ4n) is 2.60. The Morgan fingerprint density at radius 1 is 1.22 bits per heavy atom. The molecule has 2 rings (SSSR count). The van der Waals surface area contributed by atoms with Gasteiger partial charge in [0.2, 0.25) is 0 Å². The zero-order valence-corrected chi connectivity index (χ0v) is 14.2. The molecular formula is C18H24N2O3. The highest BCUT2D eigenvalue weighted by Crippen LogP contribution is 2.14. The molecule has 0 aliphatic carbocycles. The van der Waals surface area contributed by atoms with E-state index in [1.165, 1.54) is 16.7 Å².